The number of hydrogen-bond acceptors (Lipinski definition) is 3. The van der Waals surface area contributed by atoms with E-state index in [9.17, 15) is 0 Å². The maximum Gasteiger partial charge on any atom is 0.161 e. The molecule has 1 unspecified atom stereocenters. The number of rotatable bonds is 8. The van der Waals surface area contributed by atoms with Crippen LogP contribution in [-0.4, -0.2) is 19.8 Å². The molecule has 0 radical (unpaired) electrons. The molecule has 0 saturated heterocycles. The summed E-state index contributed by atoms with van der Waals surface area (Å²) in [6.45, 7) is 10.5. The molecule has 1 aromatic carbocycles. The van der Waals surface area contributed by atoms with Crippen LogP contribution in [0.1, 0.15) is 45.2 Å². The molecule has 0 fully saturated rings. The third kappa shape index (κ3) is 4.27. The van der Waals surface area contributed by atoms with E-state index in [4.69, 9.17) is 9.47 Å². The second-order valence-electron chi connectivity index (χ2n) is 5.57. The molecule has 0 aromatic heterocycles. The average molecular weight is 277 g/mol. The molecule has 0 heterocycles. The lowest BCUT2D eigenvalue weighted by Crippen LogP contribution is -2.41. The maximum atomic E-state index is 5.38. The highest BCUT2D eigenvalue weighted by atomic mass is 16.5. The summed E-state index contributed by atoms with van der Waals surface area (Å²) in [6, 6.07) is 6.28. The van der Waals surface area contributed by atoms with Crippen LogP contribution in [-0.2, 0) is 0 Å². The number of benzene rings is 1. The number of ether oxygens (including phenoxy) is 2. The Bertz CT molecular complexity index is 441. The lowest BCUT2D eigenvalue weighted by molar-refractivity contribution is 0.324. The molecule has 0 aliphatic rings. The molecule has 0 saturated carbocycles. The average Bonchev–Trinajstić information content (AvgIpc) is 2.46. The molecule has 3 heteroatoms. The molecular formula is C17H27NO2. The molecule has 0 bridgehead atoms. The molecule has 0 aliphatic carbocycles. The van der Waals surface area contributed by atoms with Crippen LogP contribution in [0.25, 0.3) is 0 Å². The monoisotopic (exact) mass is 277 g/mol. The fourth-order valence-electron chi connectivity index (χ4n) is 2.09. The van der Waals surface area contributed by atoms with Gasteiger partial charge in [-0.1, -0.05) is 19.1 Å². The van der Waals surface area contributed by atoms with Crippen molar-refractivity contribution in [3.05, 3.63) is 36.4 Å². The molecule has 1 atom stereocenters. The van der Waals surface area contributed by atoms with Crippen molar-refractivity contribution in [1.29, 1.82) is 0 Å². The zero-order valence-corrected chi connectivity index (χ0v) is 13.3. The summed E-state index contributed by atoms with van der Waals surface area (Å²) in [6.07, 6.45) is 3.88. The molecule has 3 nitrogen and oxygen atoms in total. The topological polar surface area (TPSA) is 30.5 Å². The highest BCUT2D eigenvalue weighted by Crippen LogP contribution is 2.32. The van der Waals surface area contributed by atoms with Crippen LogP contribution in [0.3, 0.4) is 0 Å². The Balaban J connectivity index is 3.05. The van der Waals surface area contributed by atoms with Gasteiger partial charge in [-0.3, -0.25) is 0 Å². The second kappa shape index (κ2) is 7.34. The zero-order chi connectivity index (χ0) is 15.2. The first-order valence-electron chi connectivity index (χ1n) is 7.08. The van der Waals surface area contributed by atoms with Crippen molar-refractivity contribution >= 4 is 0 Å². The number of methoxy groups -OCH3 is 2. The minimum atomic E-state index is 0.0842. The first kappa shape index (κ1) is 16.6. The largest absolute Gasteiger partial charge is 0.493 e. The first-order valence-corrected chi connectivity index (χ1v) is 7.08. The lowest BCUT2D eigenvalue weighted by Gasteiger charge is -2.31. The van der Waals surface area contributed by atoms with Gasteiger partial charge in [0.25, 0.3) is 0 Å². The molecule has 1 rings (SSSR count). The molecule has 20 heavy (non-hydrogen) atoms. The van der Waals surface area contributed by atoms with E-state index in [1.807, 2.05) is 18.2 Å². The Morgan fingerprint density at radius 2 is 1.90 bits per heavy atom. The van der Waals surface area contributed by atoms with Crippen molar-refractivity contribution in [3.8, 4) is 11.5 Å². The van der Waals surface area contributed by atoms with Crippen LogP contribution in [0.5, 0.6) is 11.5 Å². The van der Waals surface area contributed by atoms with E-state index >= 15 is 0 Å². The molecule has 0 amide bonds. The Morgan fingerprint density at radius 1 is 1.25 bits per heavy atom. The van der Waals surface area contributed by atoms with Gasteiger partial charge in [-0.2, -0.15) is 0 Å². The van der Waals surface area contributed by atoms with Gasteiger partial charge < -0.3 is 14.8 Å². The highest BCUT2D eigenvalue weighted by Gasteiger charge is 2.21. The van der Waals surface area contributed by atoms with Gasteiger partial charge in [-0.05, 0) is 44.4 Å². The summed E-state index contributed by atoms with van der Waals surface area (Å²) in [4.78, 5) is 0. The van der Waals surface area contributed by atoms with Crippen LogP contribution < -0.4 is 14.8 Å². The SMILES string of the molecule is C=CCC(NC(C)(C)CC)c1ccc(OC)c(OC)c1. The van der Waals surface area contributed by atoms with Crippen LogP contribution in [0.2, 0.25) is 0 Å². The third-order valence-corrected chi connectivity index (χ3v) is 3.66. The normalized spacial score (nSPS) is 12.8. The van der Waals surface area contributed by atoms with Crippen molar-refractivity contribution < 1.29 is 9.47 Å². The smallest absolute Gasteiger partial charge is 0.161 e. The fourth-order valence-corrected chi connectivity index (χ4v) is 2.09. The quantitative estimate of drug-likeness (QED) is 0.726. The summed E-state index contributed by atoms with van der Waals surface area (Å²) < 4.78 is 10.7. The summed E-state index contributed by atoms with van der Waals surface area (Å²) >= 11 is 0. The van der Waals surface area contributed by atoms with E-state index < -0.39 is 0 Å². The van der Waals surface area contributed by atoms with Crippen LogP contribution in [0.15, 0.2) is 30.9 Å². The van der Waals surface area contributed by atoms with Gasteiger partial charge in [-0.25, -0.2) is 0 Å². The van der Waals surface area contributed by atoms with Crippen LogP contribution in [0.4, 0.5) is 0 Å². The Kier molecular flexibility index (Phi) is 6.08. The fraction of sp³-hybridized carbons (Fsp3) is 0.529. The van der Waals surface area contributed by atoms with Gasteiger partial charge in [-0.15, -0.1) is 6.58 Å². The van der Waals surface area contributed by atoms with Gasteiger partial charge in [0.05, 0.1) is 14.2 Å². The van der Waals surface area contributed by atoms with Crippen molar-refractivity contribution in [3.63, 3.8) is 0 Å². The van der Waals surface area contributed by atoms with Gasteiger partial charge in [0.15, 0.2) is 11.5 Å². The maximum absolute atomic E-state index is 5.38. The first-order chi connectivity index (χ1) is 9.47. The summed E-state index contributed by atoms with van der Waals surface area (Å²) in [5, 5.41) is 3.68. The van der Waals surface area contributed by atoms with Gasteiger partial charge >= 0.3 is 0 Å². The highest BCUT2D eigenvalue weighted by molar-refractivity contribution is 5.44. The minimum Gasteiger partial charge on any atom is -0.493 e. The predicted molar refractivity (Wildman–Crippen MR) is 84.6 cm³/mol. The van der Waals surface area contributed by atoms with Gasteiger partial charge in [0.2, 0.25) is 0 Å². The standard InChI is InChI=1S/C17H27NO2/c1-7-9-14(18-17(3,4)8-2)13-10-11-15(19-5)16(12-13)20-6/h7,10-12,14,18H,1,8-9H2,2-6H3. The van der Waals surface area contributed by atoms with Crippen molar-refractivity contribution in [2.75, 3.05) is 14.2 Å². The molecule has 1 aromatic rings. The molecular weight excluding hydrogens is 250 g/mol. The third-order valence-electron chi connectivity index (χ3n) is 3.66. The number of nitrogens with one attached hydrogen (secondary N) is 1. The van der Waals surface area contributed by atoms with Gasteiger partial charge in [0, 0.05) is 11.6 Å². The van der Waals surface area contributed by atoms with Crippen LogP contribution >= 0.6 is 0 Å². The Morgan fingerprint density at radius 3 is 2.40 bits per heavy atom. The Hall–Kier alpha value is -1.48. The molecule has 1 N–H and O–H groups in total. The molecule has 0 aliphatic heterocycles. The van der Waals surface area contributed by atoms with Crippen molar-refractivity contribution in [2.24, 2.45) is 0 Å². The van der Waals surface area contributed by atoms with E-state index in [-0.39, 0.29) is 11.6 Å². The number of hydrogen-bond donors (Lipinski definition) is 1. The van der Waals surface area contributed by atoms with E-state index in [2.05, 4.69) is 38.7 Å². The van der Waals surface area contributed by atoms with E-state index in [1.165, 1.54) is 5.56 Å². The molecule has 0 spiro atoms. The summed E-state index contributed by atoms with van der Waals surface area (Å²) in [7, 11) is 3.31. The summed E-state index contributed by atoms with van der Waals surface area (Å²) in [5.74, 6) is 1.51. The van der Waals surface area contributed by atoms with E-state index in [1.54, 1.807) is 14.2 Å². The van der Waals surface area contributed by atoms with E-state index in [0.717, 1.165) is 24.3 Å². The van der Waals surface area contributed by atoms with Crippen molar-refractivity contribution in [2.45, 2.75) is 45.2 Å². The Labute approximate surface area is 123 Å². The minimum absolute atomic E-state index is 0.0842. The summed E-state index contributed by atoms with van der Waals surface area (Å²) in [5.41, 5.74) is 1.27. The predicted octanol–water partition coefficient (Wildman–Crippen LogP) is 4.10. The zero-order valence-electron chi connectivity index (χ0n) is 13.3. The second-order valence-corrected chi connectivity index (χ2v) is 5.57. The van der Waals surface area contributed by atoms with Crippen LogP contribution in [0, 0.1) is 0 Å². The lowest BCUT2D eigenvalue weighted by atomic mass is 9.95. The van der Waals surface area contributed by atoms with Gasteiger partial charge in [0.1, 0.15) is 0 Å². The molecule has 112 valence electrons. The van der Waals surface area contributed by atoms with E-state index in [0.29, 0.717) is 0 Å². The van der Waals surface area contributed by atoms with Crippen molar-refractivity contribution in [1.82, 2.24) is 5.32 Å².